The minimum atomic E-state index is -0.773. The number of esters is 1. The molecule has 1 aliphatic rings. The van der Waals surface area contributed by atoms with Gasteiger partial charge in [-0.3, -0.25) is 9.59 Å². The number of ether oxygens (including phenoxy) is 1. The predicted molar refractivity (Wildman–Crippen MR) is 89.8 cm³/mol. The second-order valence-electron chi connectivity index (χ2n) is 6.48. The van der Waals surface area contributed by atoms with Crippen LogP contribution in [0.1, 0.15) is 43.1 Å². The van der Waals surface area contributed by atoms with Crippen LogP contribution >= 0.6 is 0 Å². The molecule has 0 radical (unpaired) electrons. The maximum atomic E-state index is 12.6. The van der Waals surface area contributed by atoms with Crippen molar-refractivity contribution in [2.45, 2.75) is 39.7 Å². The van der Waals surface area contributed by atoms with E-state index in [2.05, 4.69) is 28.8 Å². The number of carbonyl (C=O) groups is 2. The maximum Gasteiger partial charge on any atom is 0.318 e. The molecule has 1 atom stereocenters. The topological polar surface area (TPSA) is 85.5 Å². The van der Waals surface area contributed by atoms with Crippen LogP contribution in [-0.4, -0.2) is 28.7 Å². The van der Waals surface area contributed by atoms with E-state index in [0.29, 0.717) is 30.3 Å². The number of anilines is 1. The molecule has 1 aromatic carbocycles. The molecule has 7 heteroatoms. The molecule has 2 heterocycles. The van der Waals surface area contributed by atoms with Crippen molar-refractivity contribution in [3.63, 3.8) is 0 Å². The number of amides is 1. The SMILES string of the molecule is Cc1nonc1COC(=O)[C@H]1CCN(c2ccc(C(C)C)cc2)C1=O. The van der Waals surface area contributed by atoms with Gasteiger partial charge in [0.2, 0.25) is 5.91 Å². The molecule has 1 aliphatic heterocycles. The summed E-state index contributed by atoms with van der Waals surface area (Å²) in [5.74, 6) is -1.10. The smallest absolute Gasteiger partial charge is 0.318 e. The second-order valence-corrected chi connectivity index (χ2v) is 6.48. The van der Waals surface area contributed by atoms with Gasteiger partial charge in [-0.2, -0.15) is 0 Å². The number of hydrogen-bond donors (Lipinski definition) is 0. The number of carbonyl (C=O) groups excluding carboxylic acids is 2. The van der Waals surface area contributed by atoms with Gasteiger partial charge in [0.25, 0.3) is 0 Å². The van der Waals surface area contributed by atoms with Crippen molar-refractivity contribution < 1.29 is 19.0 Å². The molecule has 3 rings (SSSR count). The third-order valence-corrected chi connectivity index (χ3v) is 4.46. The van der Waals surface area contributed by atoms with E-state index < -0.39 is 11.9 Å². The van der Waals surface area contributed by atoms with Crippen molar-refractivity contribution in [2.24, 2.45) is 5.92 Å². The Balaban J connectivity index is 1.62. The molecule has 0 saturated carbocycles. The summed E-state index contributed by atoms with van der Waals surface area (Å²) in [6, 6.07) is 7.87. The summed E-state index contributed by atoms with van der Waals surface area (Å²) in [6.07, 6.45) is 0.444. The molecule has 0 bridgehead atoms. The highest BCUT2D eigenvalue weighted by Crippen LogP contribution is 2.27. The lowest BCUT2D eigenvalue weighted by Gasteiger charge is -2.17. The zero-order chi connectivity index (χ0) is 18.0. The molecule has 1 saturated heterocycles. The predicted octanol–water partition coefficient (Wildman–Crippen LogP) is 2.60. The Morgan fingerprint density at radius 3 is 2.64 bits per heavy atom. The number of rotatable bonds is 5. The summed E-state index contributed by atoms with van der Waals surface area (Å²) in [7, 11) is 0. The van der Waals surface area contributed by atoms with Crippen LogP contribution in [0, 0.1) is 12.8 Å². The average Bonchev–Trinajstić information content (AvgIpc) is 3.18. The molecule has 0 unspecified atom stereocenters. The Bertz CT molecular complexity index is 767. The van der Waals surface area contributed by atoms with E-state index in [1.807, 2.05) is 24.3 Å². The van der Waals surface area contributed by atoms with Crippen LogP contribution in [0.4, 0.5) is 5.69 Å². The van der Waals surface area contributed by atoms with Crippen LogP contribution in [0.3, 0.4) is 0 Å². The fourth-order valence-corrected chi connectivity index (χ4v) is 2.81. The molecular weight excluding hydrogens is 322 g/mol. The van der Waals surface area contributed by atoms with Gasteiger partial charge in [0, 0.05) is 12.2 Å². The van der Waals surface area contributed by atoms with Gasteiger partial charge in [-0.1, -0.05) is 36.3 Å². The highest BCUT2D eigenvalue weighted by atomic mass is 16.6. The zero-order valence-electron chi connectivity index (χ0n) is 14.6. The van der Waals surface area contributed by atoms with Gasteiger partial charge in [-0.05, 0) is 37.0 Å². The Morgan fingerprint density at radius 1 is 1.32 bits per heavy atom. The normalized spacial score (nSPS) is 17.4. The fraction of sp³-hybridized carbons (Fsp3) is 0.444. The third-order valence-electron chi connectivity index (χ3n) is 4.46. The Morgan fingerprint density at radius 2 is 2.04 bits per heavy atom. The summed E-state index contributed by atoms with van der Waals surface area (Å²) in [5, 5.41) is 7.29. The number of aryl methyl sites for hydroxylation is 1. The van der Waals surface area contributed by atoms with E-state index in [-0.39, 0.29) is 12.5 Å². The van der Waals surface area contributed by atoms with Crippen LogP contribution in [0.2, 0.25) is 0 Å². The summed E-state index contributed by atoms with van der Waals surface area (Å²) < 4.78 is 9.77. The van der Waals surface area contributed by atoms with Crippen molar-refractivity contribution in [1.29, 1.82) is 0 Å². The summed E-state index contributed by atoms with van der Waals surface area (Å²) in [4.78, 5) is 26.4. The first-order chi connectivity index (χ1) is 12.0. The Hall–Kier alpha value is -2.70. The molecule has 1 aromatic heterocycles. The minimum Gasteiger partial charge on any atom is -0.458 e. The molecule has 1 fully saturated rings. The van der Waals surface area contributed by atoms with Crippen molar-refractivity contribution in [2.75, 3.05) is 11.4 Å². The standard InChI is InChI=1S/C18H21N3O4/c1-11(2)13-4-6-14(7-5-13)21-9-8-15(17(21)22)18(23)24-10-16-12(3)19-25-20-16/h4-7,11,15H,8-10H2,1-3H3/t15-/m0/s1. The van der Waals surface area contributed by atoms with Crippen LogP contribution in [0.25, 0.3) is 0 Å². The number of benzene rings is 1. The summed E-state index contributed by atoms with van der Waals surface area (Å²) >= 11 is 0. The second kappa shape index (κ2) is 7.04. The molecule has 2 aromatic rings. The van der Waals surface area contributed by atoms with Crippen LogP contribution in [-0.2, 0) is 20.9 Å². The van der Waals surface area contributed by atoms with Gasteiger partial charge in [-0.25, -0.2) is 4.63 Å². The Labute approximate surface area is 145 Å². The zero-order valence-corrected chi connectivity index (χ0v) is 14.6. The van der Waals surface area contributed by atoms with Gasteiger partial charge in [0.05, 0.1) is 0 Å². The van der Waals surface area contributed by atoms with Crippen molar-refractivity contribution in [3.05, 3.63) is 41.2 Å². The first-order valence-electron chi connectivity index (χ1n) is 8.33. The molecule has 0 spiro atoms. The quantitative estimate of drug-likeness (QED) is 0.613. The van der Waals surface area contributed by atoms with E-state index in [9.17, 15) is 9.59 Å². The third kappa shape index (κ3) is 3.55. The lowest BCUT2D eigenvalue weighted by atomic mass is 10.0. The van der Waals surface area contributed by atoms with E-state index in [1.165, 1.54) is 5.56 Å². The molecule has 132 valence electrons. The monoisotopic (exact) mass is 343 g/mol. The van der Waals surface area contributed by atoms with Gasteiger partial charge in [-0.15, -0.1) is 0 Å². The van der Waals surface area contributed by atoms with Crippen LogP contribution in [0.5, 0.6) is 0 Å². The van der Waals surface area contributed by atoms with Crippen molar-refractivity contribution >= 4 is 17.6 Å². The van der Waals surface area contributed by atoms with Crippen molar-refractivity contribution in [1.82, 2.24) is 10.3 Å². The minimum absolute atomic E-state index is 0.0406. The molecule has 1 amide bonds. The van der Waals surface area contributed by atoms with Gasteiger partial charge in [0.1, 0.15) is 23.9 Å². The summed E-state index contributed by atoms with van der Waals surface area (Å²) in [5.41, 5.74) is 3.04. The molecule has 0 aliphatic carbocycles. The van der Waals surface area contributed by atoms with Gasteiger partial charge in [0.15, 0.2) is 0 Å². The molecule has 7 nitrogen and oxygen atoms in total. The maximum absolute atomic E-state index is 12.6. The molecular formula is C18H21N3O4. The number of nitrogens with zero attached hydrogens (tertiary/aromatic N) is 3. The van der Waals surface area contributed by atoms with Crippen molar-refractivity contribution in [3.8, 4) is 0 Å². The number of aromatic nitrogens is 2. The largest absolute Gasteiger partial charge is 0.458 e. The average molecular weight is 343 g/mol. The first kappa shape index (κ1) is 17.1. The summed E-state index contributed by atoms with van der Waals surface area (Å²) in [6.45, 7) is 6.41. The van der Waals surface area contributed by atoms with E-state index in [1.54, 1.807) is 11.8 Å². The van der Waals surface area contributed by atoms with E-state index >= 15 is 0 Å². The fourth-order valence-electron chi connectivity index (χ4n) is 2.81. The highest BCUT2D eigenvalue weighted by molar-refractivity contribution is 6.08. The van der Waals surface area contributed by atoms with E-state index in [0.717, 1.165) is 5.69 Å². The van der Waals surface area contributed by atoms with Crippen LogP contribution in [0.15, 0.2) is 28.9 Å². The molecule has 25 heavy (non-hydrogen) atoms. The lowest BCUT2D eigenvalue weighted by molar-refractivity contribution is -0.152. The first-order valence-corrected chi connectivity index (χ1v) is 8.33. The van der Waals surface area contributed by atoms with Gasteiger partial charge < -0.3 is 9.64 Å². The van der Waals surface area contributed by atoms with Gasteiger partial charge >= 0.3 is 5.97 Å². The Kier molecular flexibility index (Phi) is 4.83. The van der Waals surface area contributed by atoms with Crippen LogP contribution < -0.4 is 4.90 Å². The van der Waals surface area contributed by atoms with E-state index in [4.69, 9.17) is 4.74 Å². The molecule has 0 N–H and O–H groups in total. The highest BCUT2D eigenvalue weighted by Gasteiger charge is 2.38. The lowest BCUT2D eigenvalue weighted by Crippen LogP contribution is -2.31. The number of hydrogen-bond acceptors (Lipinski definition) is 6.